The van der Waals surface area contributed by atoms with Gasteiger partial charge in [0.05, 0.1) is 0 Å². The third-order valence-electron chi connectivity index (χ3n) is 2.85. The lowest BCUT2D eigenvalue weighted by Gasteiger charge is -2.09. The van der Waals surface area contributed by atoms with Crippen molar-refractivity contribution in [2.24, 2.45) is 0 Å². The van der Waals surface area contributed by atoms with Crippen LogP contribution in [0.1, 0.15) is 31.2 Å². The van der Waals surface area contributed by atoms with Gasteiger partial charge in [0.1, 0.15) is 5.82 Å². The molecule has 0 unspecified atom stereocenters. The van der Waals surface area contributed by atoms with E-state index >= 15 is 0 Å². The van der Waals surface area contributed by atoms with Crippen molar-refractivity contribution in [1.82, 2.24) is 14.8 Å². The molecule has 0 N–H and O–H groups in total. The van der Waals surface area contributed by atoms with Crippen molar-refractivity contribution in [2.45, 2.75) is 37.2 Å². The second-order valence-corrected chi connectivity index (χ2v) is 6.19. The van der Waals surface area contributed by atoms with Crippen molar-refractivity contribution in [2.75, 3.05) is 0 Å². The van der Waals surface area contributed by atoms with Gasteiger partial charge in [-0.25, -0.2) is 0 Å². The molecule has 0 aliphatic rings. The quantitative estimate of drug-likeness (QED) is 0.580. The van der Waals surface area contributed by atoms with E-state index in [1.165, 1.54) is 5.56 Å². The number of nitrogens with zero attached hydrogens (tertiary/aromatic N) is 3. The second-order valence-electron chi connectivity index (χ2n) is 4.81. The fourth-order valence-corrected chi connectivity index (χ4v) is 2.90. The summed E-state index contributed by atoms with van der Waals surface area (Å²) in [5, 5.41) is 10.3. The lowest BCUT2D eigenvalue weighted by molar-refractivity contribution is 0.641. The van der Waals surface area contributed by atoms with E-state index in [0.717, 1.165) is 28.3 Å². The molecular weight excluding hydrogens is 290 g/mol. The maximum atomic E-state index is 5.89. The molecule has 0 saturated carbocycles. The van der Waals surface area contributed by atoms with Gasteiger partial charge in [0.15, 0.2) is 5.16 Å². The van der Waals surface area contributed by atoms with E-state index in [1.54, 1.807) is 11.8 Å². The molecule has 0 bridgehead atoms. The lowest BCUT2D eigenvalue weighted by atomic mass is 10.2. The molecule has 0 fully saturated rings. The molecular formula is C15H18ClN3S. The van der Waals surface area contributed by atoms with E-state index in [9.17, 15) is 0 Å². The van der Waals surface area contributed by atoms with E-state index in [1.807, 2.05) is 30.3 Å². The predicted octanol–water partition coefficient (Wildman–Crippen LogP) is 4.53. The van der Waals surface area contributed by atoms with Gasteiger partial charge in [0, 0.05) is 23.2 Å². The molecule has 0 atom stereocenters. The molecule has 1 aromatic heterocycles. The van der Waals surface area contributed by atoms with Gasteiger partial charge in [-0.3, -0.25) is 0 Å². The summed E-state index contributed by atoms with van der Waals surface area (Å²) in [6.45, 7) is 8.79. The molecule has 0 aliphatic heterocycles. The fraction of sp³-hybridized carbons (Fsp3) is 0.333. The number of hydrogen-bond donors (Lipinski definition) is 0. The molecule has 106 valence electrons. The molecule has 0 aliphatic carbocycles. The van der Waals surface area contributed by atoms with E-state index in [0.29, 0.717) is 5.92 Å². The lowest BCUT2D eigenvalue weighted by Crippen LogP contribution is -2.05. The molecule has 2 rings (SSSR count). The number of halogens is 1. The van der Waals surface area contributed by atoms with Crippen molar-refractivity contribution < 1.29 is 0 Å². The van der Waals surface area contributed by atoms with E-state index in [4.69, 9.17) is 11.6 Å². The average Bonchev–Trinajstić information content (AvgIpc) is 2.82. The van der Waals surface area contributed by atoms with E-state index in [2.05, 4.69) is 35.2 Å². The van der Waals surface area contributed by atoms with Gasteiger partial charge in [-0.2, -0.15) is 0 Å². The summed E-state index contributed by atoms with van der Waals surface area (Å²) in [6, 6.07) is 7.89. The summed E-state index contributed by atoms with van der Waals surface area (Å²) in [4.78, 5) is 0. The number of rotatable bonds is 6. The summed E-state index contributed by atoms with van der Waals surface area (Å²) in [6.07, 6.45) is 1.88. The van der Waals surface area contributed by atoms with Gasteiger partial charge in [-0.15, -0.1) is 16.8 Å². The van der Waals surface area contributed by atoms with Crippen molar-refractivity contribution >= 4 is 23.4 Å². The van der Waals surface area contributed by atoms with Crippen molar-refractivity contribution in [3.05, 3.63) is 53.3 Å². The monoisotopic (exact) mass is 307 g/mol. The van der Waals surface area contributed by atoms with Gasteiger partial charge >= 0.3 is 0 Å². The Bertz CT molecular complexity index is 575. The first-order chi connectivity index (χ1) is 9.61. The predicted molar refractivity (Wildman–Crippen MR) is 85.3 cm³/mol. The van der Waals surface area contributed by atoms with Crippen LogP contribution < -0.4 is 0 Å². The summed E-state index contributed by atoms with van der Waals surface area (Å²) < 4.78 is 2.12. The van der Waals surface area contributed by atoms with Crippen LogP contribution in [0.4, 0.5) is 0 Å². The van der Waals surface area contributed by atoms with Crippen molar-refractivity contribution in [3.8, 4) is 0 Å². The smallest absolute Gasteiger partial charge is 0.191 e. The first-order valence-electron chi connectivity index (χ1n) is 6.53. The molecule has 2 aromatic rings. The number of hydrogen-bond acceptors (Lipinski definition) is 3. The Labute approximate surface area is 129 Å². The highest BCUT2D eigenvalue weighted by atomic mass is 35.5. The van der Waals surface area contributed by atoms with Gasteiger partial charge in [0.2, 0.25) is 0 Å². The van der Waals surface area contributed by atoms with Crippen LogP contribution in [0.15, 0.2) is 42.1 Å². The van der Waals surface area contributed by atoms with Crippen LogP contribution in [0.3, 0.4) is 0 Å². The maximum absolute atomic E-state index is 5.89. The van der Waals surface area contributed by atoms with Crippen LogP contribution in [0, 0.1) is 0 Å². The molecule has 1 heterocycles. The third kappa shape index (κ3) is 3.64. The number of allylic oxidation sites excluding steroid dienone is 1. The minimum absolute atomic E-state index is 0.354. The standard InChI is InChI=1S/C15H18ClN3S/c1-4-9-19-14(11(2)3)17-18-15(19)20-10-12-5-7-13(16)8-6-12/h4-8,11H,1,9-10H2,2-3H3. The normalized spacial score (nSPS) is 11.0. The Morgan fingerprint density at radius 1 is 1.30 bits per heavy atom. The molecule has 0 radical (unpaired) electrons. The Morgan fingerprint density at radius 3 is 2.60 bits per heavy atom. The van der Waals surface area contributed by atoms with Crippen LogP contribution in [0.25, 0.3) is 0 Å². The molecule has 20 heavy (non-hydrogen) atoms. The zero-order chi connectivity index (χ0) is 14.5. The second kappa shape index (κ2) is 6.95. The van der Waals surface area contributed by atoms with Crippen LogP contribution in [0.2, 0.25) is 5.02 Å². The Morgan fingerprint density at radius 2 is 2.00 bits per heavy atom. The third-order valence-corrected chi connectivity index (χ3v) is 4.14. The van der Waals surface area contributed by atoms with Crippen molar-refractivity contribution in [1.29, 1.82) is 0 Å². The van der Waals surface area contributed by atoms with E-state index in [-0.39, 0.29) is 0 Å². The summed E-state index contributed by atoms with van der Waals surface area (Å²) in [5.41, 5.74) is 1.22. The van der Waals surface area contributed by atoms with Crippen molar-refractivity contribution in [3.63, 3.8) is 0 Å². The SMILES string of the molecule is C=CCn1c(SCc2ccc(Cl)cc2)nnc1C(C)C. The molecule has 1 aromatic carbocycles. The minimum Gasteiger partial charge on any atom is -0.302 e. The van der Waals surface area contributed by atoms with Gasteiger partial charge in [-0.1, -0.05) is 55.4 Å². The molecule has 0 saturated heterocycles. The van der Waals surface area contributed by atoms with Crippen LogP contribution in [0.5, 0.6) is 0 Å². The van der Waals surface area contributed by atoms with Crippen LogP contribution >= 0.6 is 23.4 Å². The van der Waals surface area contributed by atoms with E-state index < -0.39 is 0 Å². The topological polar surface area (TPSA) is 30.7 Å². The first-order valence-corrected chi connectivity index (χ1v) is 7.89. The van der Waals surface area contributed by atoms with Gasteiger partial charge in [-0.05, 0) is 17.7 Å². The highest BCUT2D eigenvalue weighted by molar-refractivity contribution is 7.98. The number of aromatic nitrogens is 3. The Kier molecular flexibility index (Phi) is 5.26. The molecule has 5 heteroatoms. The largest absolute Gasteiger partial charge is 0.302 e. The number of thioether (sulfide) groups is 1. The van der Waals surface area contributed by atoms with Crippen LogP contribution in [-0.2, 0) is 12.3 Å². The summed E-state index contributed by atoms with van der Waals surface area (Å²) >= 11 is 7.57. The minimum atomic E-state index is 0.354. The molecule has 0 spiro atoms. The highest BCUT2D eigenvalue weighted by Gasteiger charge is 2.14. The zero-order valence-electron chi connectivity index (χ0n) is 11.7. The number of benzene rings is 1. The summed E-state index contributed by atoms with van der Waals surface area (Å²) in [5.74, 6) is 2.21. The van der Waals surface area contributed by atoms with Crippen LogP contribution in [-0.4, -0.2) is 14.8 Å². The highest BCUT2D eigenvalue weighted by Crippen LogP contribution is 2.25. The van der Waals surface area contributed by atoms with Gasteiger partial charge in [0.25, 0.3) is 0 Å². The molecule has 3 nitrogen and oxygen atoms in total. The average molecular weight is 308 g/mol. The fourth-order valence-electron chi connectivity index (χ4n) is 1.86. The maximum Gasteiger partial charge on any atom is 0.191 e. The molecule has 0 amide bonds. The first kappa shape index (κ1) is 15.1. The Balaban J connectivity index is 2.12. The summed E-state index contributed by atoms with van der Waals surface area (Å²) in [7, 11) is 0. The zero-order valence-corrected chi connectivity index (χ0v) is 13.3. The Hall–Kier alpha value is -1.26. The van der Waals surface area contributed by atoms with Gasteiger partial charge < -0.3 is 4.57 Å².